The Hall–Kier alpha value is -2.68. The highest BCUT2D eigenvalue weighted by Crippen LogP contribution is 2.32. The van der Waals surface area contributed by atoms with E-state index in [1.165, 1.54) is 29.6 Å². The quantitative estimate of drug-likeness (QED) is 0.338. The number of rotatable bonds is 6. The molecule has 0 unspecified atom stereocenters. The molecule has 1 heterocycles. The van der Waals surface area contributed by atoms with Crippen molar-refractivity contribution in [1.29, 1.82) is 0 Å². The number of fused-ring (bicyclic) bond motifs is 1. The van der Waals surface area contributed by atoms with Gasteiger partial charge in [-0.1, -0.05) is 41.4 Å². The van der Waals surface area contributed by atoms with E-state index in [4.69, 9.17) is 23.2 Å². The Morgan fingerprint density at radius 2 is 1.90 bits per heavy atom. The van der Waals surface area contributed by atoms with Gasteiger partial charge in [-0.15, -0.1) is 4.40 Å². The number of amides is 1. The molecule has 156 valence electrons. The third kappa shape index (κ3) is 5.08. The molecule has 0 aliphatic heterocycles. The summed E-state index contributed by atoms with van der Waals surface area (Å²) >= 11 is 12.3. The number of anilines is 1. The van der Waals surface area contributed by atoms with Crippen LogP contribution >= 0.6 is 23.2 Å². The number of pyridine rings is 1. The molecular weight excluding hydrogens is 447 g/mol. The molecule has 0 radical (unpaired) electrons. The van der Waals surface area contributed by atoms with Crippen molar-refractivity contribution in [2.45, 2.75) is 11.3 Å². The van der Waals surface area contributed by atoms with E-state index < -0.39 is 10.0 Å². The minimum Gasteiger partial charge on any atom is -0.368 e. The number of sulfonamides is 1. The van der Waals surface area contributed by atoms with Gasteiger partial charge in [0.15, 0.2) is 0 Å². The Labute approximate surface area is 184 Å². The number of hydrogen-bond acceptors (Lipinski definition) is 4. The first kappa shape index (κ1) is 22.0. The zero-order chi connectivity index (χ0) is 21.9. The van der Waals surface area contributed by atoms with E-state index in [9.17, 15) is 13.2 Å². The van der Waals surface area contributed by atoms with Gasteiger partial charge in [-0.25, -0.2) is 4.98 Å². The molecule has 0 saturated heterocycles. The second kappa shape index (κ2) is 8.99. The summed E-state index contributed by atoms with van der Waals surface area (Å²) in [6.45, 7) is 0. The van der Waals surface area contributed by atoms with Crippen LogP contribution in [-0.2, 0) is 21.2 Å². The molecule has 0 bridgehead atoms. The topological polar surface area (TPSA) is 91.7 Å². The van der Waals surface area contributed by atoms with Crippen LogP contribution in [0, 0.1) is 0 Å². The maximum absolute atomic E-state index is 12.8. The Bertz CT molecular complexity index is 1240. The normalized spacial score (nSPS) is 11.7. The lowest BCUT2D eigenvalue weighted by atomic mass is 10.1. The molecule has 0 atom stereocenters. The average molecular weight is 465 g/mol. The molecule has 3 rings (SSSR count). The molecule has 3 aromatic rings. The summed E-state index contributed by atoms with van der Waals surface area (Å²) in [5, 5.41) is 4.03. The zero-order valence-electron chi connectivity index (χ0n) is 16.1. The van der Waals surface area contributed by atoms with Crippen LogP contribution in [0.5, 0.6) is 0 Å². The van der Waals surface area contributed by atoms with E-state index in [0.29, 0.717) is 21.4 Å². The van der Waals surface area contributed by atoms with Crippen molar-refractivity contribution in [2.24, 2.45) is 4.40 Å². The predicted molar refractivity (Wildman–Crippen MR) is 120 cm³/mol. The summed E-state index contributed by atoms with van der Waals surface area (Å²) < 4.78 is 29.3. The van der Waals surface area contributed by atoms with E-state index in [2.05, 4.69) is 14.7 Å². The number of hydrogen-bond donors (Lipinski definition) is 1. The molecule has 0 aliphatic rings. The van der Waals surface area contributed by atoms with E-state index in [1.54, 1.807) is 44.4 Å². The second-order valence-electron chi connectivity index (χ2n) is 6.65. The molecule has 0 aliphatic carbocycles. The molecule has 7 nitrogen and oxygen atoms in total. The van der Waals surface area contributed by atoms with Gasteiger partial charge in [0.1, 0.15) is 11.5 Å². The van der Waals surface area contributed by atoms with Crippen molar-refractivity contribution in [2.75, 3.05) is 19.4 Å². The van der Waals surface area contributed by atoms with Gasteiger partial charge >= 0.3 is 0 Å². The molecule has 1 amide bonds. The lowest BCUT2D eigenvalue weighted by Gasteiger charge is -2.12. The number of halogens is 2. The summed E-state index contributed by atoms with van der Waals surface area (Å²) in [5.74, 6) is -0.359. The van der Waals surface area contributed by atoms with Crippen LogP contribution in [0.2, 0.25) is 10.2 Å². The number of carbonyl (C=O) groups is 1. The van der Waals surface area contributed by atoms with Crippen LogP contribution in [0.15, 0.2) is 58.0 Å². The zero-order valence-corrected chi connectivity index (χ0v) is 18.5. The standard InChI is InChI=1S/C20H18Cl2N4O3S/c1-26(2)12-24-30(28,29)18-11-14(10-16-15(18)7-8-23-20(16)22)25-19(27)9-13-5-3-4-6-17(13)21/h3-8,10-12H,9H2,1-2H3,(H,25,27)/b24-12+. The minimum absolute atomic E-state index is 0.0271. The molecule has 30 heavy (non-hydrogen) atoms. The van der Waals surface area contributed by atoms with Gasteiger partial charge in [-0.05, 0) is 29.8 Å². The average Bonchev–Trinajstić information content (AvgIpc) is 2.68. The Morgan fingerprint density at radius 1 is 1.17 bits per heavy atom. The highest BCUT2D eigenvalue weighted by molar-refractivity contribution is 7.90. The maximum atomic E-state index is 12.8. The van der Waals surface area contributed by atoms with Gasteiger partial charge in [0.2, 0.25) is 5.91 Å². The van der Waals surface area contributed by atoms with Gasteiger partial charge in [-0.2, -0.15) is 8.42 Å². The van der Waals surface area contributed by atoms with Crippen LogP contribution in [0.3, 0.4) is 0 Å². The Kier molecular flexibility index (Phi) is 6.60. The lowest BCUT2D eigenvalue weighted by molar-refractivity contribution is -0.115. The third-order valence-corrected chi connectivity index (χ3v) is 6.02. The van der Waals surface area contributed by atoms with Crippen molar-refractivity contribution in [3.63, 3.8) is 0 Å². The summed E-state index contributed by atoms with van der Waals surface area (Å²) in [6.07, 6.45) is 2.63. The molecule has 0 fully saturated rings. The molecule has 0 saturated carbocycles. The lowest BCUT2D eigenvalue weighted by Crippen LogP contribution is -2.15. The van der Waals surface area contributed by atoms with Crippen LogP contribution in [0.4, 0.5) is 5.69 Å². The molecule has 0 spiro atoms. The van der Waals surface area contributed by atoms with Gasteiger partial charge in [-0.3, -0.25) is 4.79 Å². The highest BCUT2D eigenvalue weighted by atomic mass is 35.5. The van der Waals surface area contributed by atoms with Gasteiger partial charge in [0, 0.05) is 41.8 Å². The van der Waals surface area contributed by atoms with E-state index in [0.717, 1.165) is 0 Å². The highest BCUT2D eigenvalue weighted by Gasteiger charge is 2.20. The summed E-state index contributed by atoms with van der Waals surface area (Å²) in [5.41, 5.74) is 0.911. The van der Waals surface area contributed by atoms with Gasteiger partial charge < -0.3 is 10.2 Å². The van der Waals surface area contributed by atoms with Crippen molar-refractivity contribution in [3.05, 3.63) is 64.4 Å². The van der Waals surface area contributed by atoms with Crippen LogP contribution in [0.25, 0.3) is 10.8 Å². The summed E-state index contributed by atoms with van der Waals surface area (Å²) in [6, 6.07) is 11.5. The smallest absolute Gasteiger partial charge is 0.284 e. The summed E-state index contributed by atoms with van der Waals surface area (Å²) in [4.78, 5) is 17.9. The second-order valence-corrected chi connectivity index (χ2v) is 9.01. The third-order valence-electron chi connectivity index (χ3n) is 4.08. The number of carbonyl (C=O) groups excluding carboxylic acids is 1. The first-order valence-electron chi connectivity index (χ1n) is 8.76. The SMILES string of the molecule is CN(C)/C=N/S(=O)(=O)c1cc(NC(=O)Cc2ccccc2Cl)cc2c(Cl)nccc12. The van der Waals surface area contributed by atoms with Crippen molar-refractivity contribution >= 4 is 61.9 Å². The number of nitrogens with one attached hydrogen (secondary N) is 1. The molecule has 2 aromatic carbocycles. The van der Waals surface area contributed by atoms with Crippen molar-refractivity contribution < 1.29 is 13.2 Å². The van der Waals surface area contributed by atoms with Crippen LogP contribution in [0.1, 0.15) is 5.56 Å². The fourth-order valence-electron chi connectivity index (χ4n) is 2.73. The number of aromatic nitrogens is 1. The van der Waals surface area contributed by atoms with Crippen LogP contribution < -0.4 is 5.32 Å². The molecule has 1 N–H and O–H groups in total. The first-order chi connectivity index (χ1) is 14.2. The Morgan fingerprint density at radius 3 is 2.60 bits per heavy atom. The first-order valence-corrected chi connectivity index (χ1v) is 11.0. The molecule has 1 aromatic heterocycles. The predicted octanol–water partition coefficient (Wildman–Crippen LogP) is 4.00. The fraction of sp³-hybridized carbons (Fsp3) is 0.150. The monoisotopic (exact) mass is 464 g/mol. The minimum atomic E-state index is -4.05. The largest absolute Gasteiger partial charge is 0.368 e. The van der Waals surface area contributed by atoms with Crippen LogP contribution in [-0.4, -0.2) is 44.6 Å². The van der Waals surface area contributed by atoms with Gasteiger partial charge in [0.05, 0.1) is 11.3 Å². The van der Waals surface area contributed by atoms with E-state index in [1.807, 2.05) is 0 Å². The number of nitrogens with zero attached hydrogens (tertiary/aromatic N) is 3. The fourth-order valence-corrected chi connectivity index (χ4v) is 4.31. The summed E-state index contributed by atoms with van der Waals surface area (Å²) in [7, 11) is -0.742. The van der Waals surface area contributed by atoms with E-state index >= 15 is 0 Å². The van der Waals surface area contributed by atoms with Gasteiger partial charge in [0.25, 0.3) is 10.0 Å². The van der Waals surface area contributed by atoms with E-state index in [-0.39, 0.29) is 28.1 Å². The number of benzene rings is 2. The Balaban J connectivity index is 2.03. The molecule has 10 heteroatoms. The van der Waals surface area contributed by atoms with Crippen molar-refractivity contribution in [1.82, 2.24) is 9.88 Å². The molecular formula is C20H18Cl2N4O3S. The maximum Gasteiger partial charge on any atom is 0.284 e. The van der Waals surface area contributed by atoms with Crippen molar-refractivity contribution in [3.8, 4) is 0 Å².